The summed E-state index contributed by atoms with van der Waals surface area (Å²) in [7, 11) is 0. The largest absolute Gasteiger partial charge is 0.326 e. The summed E-state index contributed by atoms with van der Waals surface area (Å²) in [5, 5.41) is 6.54. The van der Waals surface area contributed by atoms with Crippen LogP contribution in [0.4, 0.5) is 5.69 Å². The highest BCUT2D eigenvalue weighted by Gasteiger charge is 2.25. The second-order valence-electron chi connectivity index (χ2n) is 5.95. The fourth-order valence-electron chi connectivity index (χ4n) is 3.02. The quantitative estimate of drug-likeness (QED) is 0.875. The fraction of sp³-hybridized carbons (Fsp3) is 0.562. The van der Waals surface area contributed by atoms with E-state index in [1.165, 1.54) is 35.1 Å². The van der Waals surface area contributed by atoms with Crippen LogP contribution in [0.3, 0.4) is 0 Å². The lowest BCUT2D eigenvalue weighted by Gasteiger charge is -2.23. The van der Waals surface area contributed by atoms with Crippen molar-refractivity contribution in [2.45, 2.75) is 46.1 Å². The van der Waals surface area contributed by atoms with Gasteiger partial charge in [-0.3, -0.25) is 4.79 Å². The zero-order valence-electron chi connectivity index (χ0n) is 11.8. The first-order valence-electron chi connectivity index (χ1n) is 7.27. The lowest BCUT2D eigenvalue weighted by Crippen LogP contribution is -2.25. The van der Waals surface area contributed by atoms with Gasteiger partial charge in [0.25, 0.3) is 0 Å². The summed E-state index contributed by atoms with van der Waals surface area (Å²) in [5.74, 6) is 0.824. The molecule has 2 N–H and O–H groups in total. The number of amides is 1. The number of fused-ring (bicyclic) bond motifs is 1. The van der Waals surface area contributed by atoms with E-state index < -0.39 is 0 Å². The second kappa shape index (κ2) is 4.97. The minimum Gasteiger partial charge on any atom is -0.326 e. The van der Waals surface area contributed by atoms with Crippen molar-refractivity contribution in [3.05, 3.63) is 28.3 Å². The van der Waals surface area contributed by atoms with Gasteiger partial charge in [-0.1, -0.05) is 6.07 Å². The molecule has 1 fully saturated rings. The van der Waals surface area contributed by atoms with E-state index in [1.807, 2.05) is 0 Å². The number of aryl methyl sites for hydroxylation is 1. The number of hydrogen-bond donors (Lipinski definition) is 2. The molecular weight excluding hydrogens is 236 g/mol. The summed E-state index contributed by atoms with van der Waals surface area (Å²) in [6.07, 6.45) is 4.20. The van der Waals surface area contributed by atoms with Crippen LogP contribution in [0.2, 0.25) is 0 Å². The Morgan fingerprint density at radius 1 is 1.42 bits per heavy atom. The molecule has 1 saturated carbocycles. The maximum absolute atomic E-state index is 12.0. The molecule has 19 heavy (non-hydrogen) atoms. The van der Waals surface area contributed by atoms with Crippen LogP contribution in [0, 0.1) is 19.8 Å². The van der Waals surface area contributed by atoms with Gasteiger partial charge in [-0.2, -0.15) is 0 Å². The van der Waals surface area contributed by atoms with Crippen LogP contribution in [-0.2, 0) is 17.8 Å². The fourth-order valence-corrected chi connectivity index (χ4v) is 3.02. The molecule has 0 unspecified atom stereocenters. The number of rotatable bonds is 3. The molecule has 0 saturated heterocycles. The molecule has 1 heterocycles. The molecular formula is C16H22N2O. The molecule has 1 amide bonds. The van der Waals surface area contributed by atoms with E-state index in [9.17, 15) is 4.79 Å². The van der Waals surface area contributed by atoms with Crippen molar-refractivity contribution in [3.8, 4) is 0 Å². The Hall–Kier alpha value is -1.35. The van der Waals surface area contributed by atoms with Crippen LogP contribution < -0.4 is 10.6 Å². The SMILES string of the molecule is Cc1cc2c(c(C)c1NC(=O)CC1CC1)CCNC2. The lowest BCUT2D eigenvalue weighted by atomic mass is 9.92. The van der Waals surface area contributed by atoms with Crippen LogP contribution in [0.15, 0.2) is 6.07 Å². The molecule has 102 valence electrons. The van der Waals surface area contributed by atoms with Crippen LogP contribution >= 0.6 is 0 Å². The summed E-state index contributed by atoms with van der Waals surface area (Å²) in [4.78, 5) is 12.0. The average molecular weight is 258 g/mol. The van der Waals surface area contributed by atoms with Gasteiger partial charge in [-0.25, -0.2) is 0 Å². The summed E-state index contributed by atoms with van der Waals surface area (Å²) in [6, 6.07) is 2.22. The normalized spacial score (nSPS) is 18.0. The molecule has 0 aromatic heterocycles. The molecule has 1 aromatic rings. The Balaban J connectivity index is 1.85. The van der Waals surface area contributed by atoms with Crippen molar-refractivity contribution in [2.75, 3.05) is 11.9 Å². The molecule has 1 aromatic carbocycles. The van der Waals surface area contributed by atoms with E-state index >= 15 is 0 Å². The topological polar surface area (TPSA) is 41.1 Å². The Labute approximate surface area is 114 Å². The summed E-state index contributed by atoms with van der Waals surface area (Å²) < 4.78 is 0. The monoisotopic (exact) mass is 258 g/mol. The molecule has 0 bridgehead atoms. The van der Waals surface area contributed by atoms with E-state index in [-0.39, 0.29) is 5.91 Å². The number of hydrogen-bond acceptors (Lipinski definition) is 2. The molecule has 2 aliphatic rings. The lowest BCUT2D eigenvalue weighted by molar-refractivity contribution is -0.116. The standard InChI is InChI=1S/C16H22N2O/c1-10-7-13-9-17-6-5-14(13)11(2)16(10)18-15(19)8-12-3-4-12/h7,12,17H,3-6,8-9H2,1-2H3,(H,18,19). The first-order chi connectivity index (χ1) is 9.15. The van der Waals surface area contributed by atoms with E-state index in [2.05, 4.69) is 30.5 Å². The van der Waals surface area contributed by atoms with Gasteiger partial charge >= 0.3 is 0 Å². The minimum atomic E-state index is 0.183. The minimum absolute atomic E-state index is 0.183. The predicted octanol–water partition coefficient (Wildman–Crippen LogP) is 2.69. The van der Waals surface area contributed by atoms with Crippen molar-refractivity contribution in [2.24, 2.45) is 5.92 Å². The third-order valence-corrected chi connectivity index (χ3v) is 4.30. The number of anilines is 1. The number of carbonyl (C=O) groups excluding carboxylic acids is 1. The zero-order valence-corrected chi connectivity index (χ0v) is 11.8. The highest BCUT2D eigenvalue weighted by Crippen LogP contribution is 2.34. The Kier molecular flexibility index (Phi) is 3.31. The van der Waals surface area contributed by atoms with E-state index in [4.69, 9.17) is 0 Å². The van der Waals surface area contributed by atoms with Crippen molar-refractivity contribution in [3.63, 3.8) is 0 Å². The third kappa shape index (κ3) is 2.66. The van der Waals surface area contributed by atoms with Gasteiger partial charge in [-0.15, -0.1) is 0 Å². The first kappa shape index (κ1) is 12.7. The number of carbonyl (C=O) groups is 1. The maximum atomic E-state index is 12.0. The van der Waals surface area contributed by atoms with Crippen molar-refractivity contribution in [1.82, 2.24) is 5.32 Å². The van der Waals surface area contributed by atoms with Crippen molar-refractivity contribution >= 4 is 11.6 Å². The summed E-state index contributed by atoms with van der Waals surface area (Å²) >= 11 is 0. The molecule has 3 rings (SSSR count). The molecule has 3 heteroatoms. The summed E-state index contributed by atoms with van der Waals surface area (Å²) in [5.41, 5.74) is 6.31. The number of nitrogens with one attached hydrogen (secondary N) is 2. The molecule has 1 aliphatic heterocycles. The molecule has 0 spiro atoms. The molecule has 3 nitrogen and oxygen atoms in total. The van der Waals surface area contributed by atoms with Crippen molar-refractivity contribution < 1.29 is 4.79 Å². The van der Waals surface area contributed by atoms with Gasteiger partial charge < -0.3 is 10.6 Å². The Morgan fingerprint density at radius 2 is 2.21 bits per heavy atom. The van der Waals surface area contributed by atoms with Gasteiger partial charge in [0.1, 0.15) is 0 Å². The highest BCUT2D eigenvalue weighted by molar-refractivity contribution is 5.93. The van der Waals surface area contributed by atoms with E-state index in [0.29, 0.717) is 12.3 Å². The van der Waals surface area contributed by atoms with Gasteiger partial charge in [0.05, 0.1) is 0 Å². The van der Waals surface area contributed by atoms with Gasteiger partial charge in [0.2, 0.25) is 5.91 Å². The van der Waals surface area contributed by atoms with E-state index in [0.717, 1.165) is 25.2 Å². The van der Waals surface area contributed by atoms with Crippen LogP contribution in [0.5, 0.6) is 0 Å². The van der Waals surface area contributed by atoms with Gasteiger partial charge in [-0.05, 0) is 67.8 Å². The Bertz CT molecular complexity index is 518. The second-order valence-corrected chi connectivity index (χ2v) is 5.95. The van der Waals surface area contributed by atoms with Gasteiger partial charge in [0.15, 0.2) is 0 Å². The molecule has 0 radical (unpaired) electrons. The average Bonchev–Trinajstić information content (AvgIpc) is 3.18. The smallest absolute Gasteiger partial charge is 0.224 e. The Morgan fingerprint density at radius 3 is 2.95 bits per heavy atom. The molecule has 0 atom stereocenters. The number of benzene rings is 1. The van der Waals surface area contributed by atoms with Crippen LogP contribution in [0.25, 0.3) is 0 Å². The third-order valence-electron chi connectivity index (χ3n) is 4.30. The van der Waals surface area contributed by atoms with Crippen molar-refractivity contribution in [1.29, 1.82) is 0 Å². The first-order valence-corrected chi connectivity index (χ1v) is 7.27. The molecule has 1 aliphatic carbocycles. The summed E-state index contributed by atoms with van der Waals surface area (Å²) in [6.45, 7) is 6.22. The van der Waals surface area contributed by atoms with Gasteiger partial charge in [0, 0.05) is 18.7 Å². The predicted molar refractivity (Wildman–Crippen MR) is 77.3 cm³/mol. The maximum Gasteiger partial charge on any atom is 0.224 e. The highest BCUT2D eigenvalue weighted by atomic mass is 16.1. The van der Waals surface area contributed by atoms with Crippen LogP contribution in [0.1, 0.15) is 41.5 Å². The van der Waals surface area contributed by atoms with E-state index in [1.54, 1.807) is 0 Å². The zero-order chi connectivity index (χ0) is 13.4. The van der Waals surface area contributed by atoms with Crippen LogP contribution in [-0.4, -0.2) is 12.5 Å².